The Morgan fingerprint density at radius 3 is 3.06 bits per heavy atom. The zero-order chi connectivity index (χ0) is 11.7. The third kappa shape index (κ3) is 1.56. The molecule has 16 heavy (non-hydrogen) atoms. The Balaban J connectivity index is 2.54. The zero-order valence-corrected chi connectivity index (χ0v) is 8.54. The van der Waals surface area contributed by atoms with Gasteiger partial charge in [-0.1, -0.05) is 6.92 Å². The number of nitrogens with zero attached hydrogens (tertiary/aromatic N) is 3. The predicted molar refractivity (Wildman–Crippen MR) is 54.3 cm³/mol. The number of fused-ring (bicyclic) bond motifs is 1. The molecule has 0 aliphatic carbocycles. The number of aromatic nitrogens is 4. The molecule has 0 amide bonds. The summed E-state index contributed by atoms with van der Waals surface area (Å²) in [5, 5.41) is 15.0. The van der Waals surface area contributed by atoms with E-state index in [0.29, 0.717) is 17.8 Å². The van der Waals surface area contributed by atoms with Crippen molar-refractivity contribution in [3.05, 3.63) is 28.6 Å². The molecule has 2 rings (SSSR count). The second kappa shape index (κ2) is 3.76. The minimum absolute atomic E-state index is 0.370. The monoisotopic (exact) mass is 222 g/mol. The minimum Gasteiger partial charge on any atom is -0.481 e. The highest BCUT2D eigenvalue weighted by Gasteiger charge is 2.19. The van der Waals surface area contributed by atoms with Crippen LogP contribution in [0, 0.1) is 0 Å². The molecule has 1 atom stereocenters. The zero-order valence-electron chi connectivity index (χ0n) is 8.54. The normalized spacial score (nSPS) is 12.8. The molecule has 2 heterocycles. The highest BCUT2D eigenvalue weighted by atomic mass is 16.4. The number of carboxylic acid groups (broad SMARTS) is 1. The first-order valence-electron chi connectivity index (χ1n) is 4.79. The first-order chi connectivity index (χ1) is 7.63. The van der Waals surface area contributed by atoms with E-state index in [1.807, 2.05) is 0 Å². The average Bonchev–Trinajstić information content (AvgIpc) is 2.61. The van der Waals surface area contributed by atoms with E-state index in [4.69, 9.17) is 5.11 Å². The van der Waals surface area contributed by atoms with Crippen LogP contribution in [0.4, 0.5) is 0 Å². The van der Waals surface area contributed by atoms with E-state index in [9.17, 15) is 9.59 Å². The van der Waals surface area contributed by atoms with E-state index < -0.39 is 17.6 Å². The number of carbonyl (C=O) groups is 1. The summed E-state index contributed by atoms with van der Waals surface area (Å²) in [4.78, 5) is 26.0. The summed E-state index contributed by atoms with van der Waals surface area (Å²) in [5.41, 5.74) is 0.383. The van der Waals surface area contributed by atoms with E-state index in [0.717, 1.165) is 0 Å². The largest absolute Gasteiger partial charge is 0.481 e. The topological polar surface area (TPSA) is 100 Å². The molecular weight excluding hydrogens is 212 g/mol. The molecule has 84 valence electrons. The molecule has 0 spiro atoms. The van der Waals surface area contributed by atoms with Crippen molar-refractivity contribution in [2.45, 2.75) is 19.3 Å². The van der Waals surface area contributed by atoms with Crippen molar-refractivity contribution in [2.75, 3.05) is 0 Å². The number of H-pyrrole nitrogens is 1. The van der Waals surface area contributed by atoms with Crippen molar-refractivity contribution in [3.63, 3.8) is 0 Å². The Bertz CT molecular complexity index is 586. The molecule has 2 aromatic rings. The highest BCUT2D eigenvalue weighted by Crippen LogP contribution is 2.17. The number of hydrogen-bond donors (Lipinski definition) is 2. The summed E-state index contributed by atoms with van der Waals surface area (Å²) in [7, 11) is 0. The smallest absolute Gasteiger partial charge is 0.348 e. The second-order valence-corrected chi connectivity index (χ2v) is 3.37. The summed E-state index contributed by atoms with van der Waals surface area (Å²) in [5.74, 6) is -1.60. The summed E-state index contributed by atoms with van der Waals surface area (Å²) in [6.45, 7) is 1.77. The van der Waals surface area contributed by atoms with E-state index in [-0.39, 0.29) is 0 Å². The molecule has 0 aromatic carbocycles. The first-order valence-corrected chi connectivity index (χ1v) is 4.79. The number of aliphatic carboxylic acids is 1. The standard InChI is InChI=1S/C9H10N4O3/c1-2-5(8(14)15)6-3-7-11-12-9(16)13(7)4-10-6/h3-5H,2H2,1H3,(H,12,16)(H,14,15). The molecule has 0 bridgehead atoms. The Kier molecular flexibility index (Phi) is 2.43. The summed E-state index contributed by atoms with van der Waals surface area (Å²) < 4.78 is 1.22. The van der Waals surface area contributed by atoms with Gasteiger partial charge in [-0.25, -0.2) is 19.3 Å². The SMILES string of the molecule is CCC(C(=O)O)c1cc2n[nH]c(=O)n2cn1. The first kappa shape index (κ1) is 10.3. The van der Waals surface area contributed by atoms with Crippen LogP contribution in [0.3, 0.4) is 0 Å². The molecule has 0 saturated carbocycles. The van der Waals surface area contributed by atoms with Crippen molar-refractivity contribution >= 4 is 11.6 Å². The van der Waals surface area contributed by atoms with Crippen LogP contribution in [-0.2, 0) is 4.79 Å². The Morgan fingerprint density at radius 2 is 2.44 bits per heavy atom. The molecule has 0 radical (unpaired) electrons. The molecule has 0 aliphatic rings. The molecule has 0 saturated heterocycles. The summed E-state index contributed by atoms with van der Waals surface area (Å²) in [6.07, 6.45) is 1.72. The Hall–Kier alpha value is -2.18. The van der Waals surface area contributed by atoms with Gasteiger partial charge in [0.25, 0.3) is 0 Å². The van der Waals surface area contributed by atoms with Gasteiger partial charge >= 0.3 is 11.7 Å². The van der Waals surface area contributed by atoms with Crippen LogP contribution in [0.1, 0.15) is 25.0 Å². The van der Waals surface area contributed by atoms with Crippen LogP contribution in [0.25, 0.3) is 5.65 Å². The lowest BCUT2D eigenvalue weighted by Crippen LogP contribution is -2.14. The van der Waals surface area contributed by atoms with Gasteiger partial charge in [-0.15, -0.1) is 0 Å². The van der Waals surface area contributed by atoms with Crippen LogP contribution >= 0.6 is 0 Å². The number of aromatic amines is 1. The minimum atomic E-state index is -0.933. The average molecular weight is 222 g/mol. The summed E-state index contributed by atoms with van der Waals surface area (Å²) >= 11 is 0. The molecule has 7 heteroatoms. The van der Waals surface area contributed by atoms with E-state index in [2.05, 4.69) is 15.2 Å². The molecule has 2 N–H and O–H groups in total. The van der Waals surface area contributed by atoms with Gasteiger partial charge in [0.2, 0.25) is 0 Å². The van der Waals surface area contributed by atoms with E-state index >= 15 is 0 Å². The fraction of sp³-hybridized carbons (Fsp3) is 0.333. The van der Waals surface area contributed by atoms with Crippen molar-refractivity contribution < 1.29 is 9.90 Å². The third-order valence-corrected chi connectivity index (χ3v) is 2.39. The maximum absolute atomic E-state index is 11.2. The third-order valence-electron chi connectivity index (χ3n) is 2.39. The van der Waals surface area contributed by atoms with Crippen LogP contribution in [0.2, 0.25) is 0 Å². The maximum atomic E-state index is 11.2. The Morgan fingerprint density at radius 1 is 1.69 bits per heavy atom. The quantitative estimate of drug-likeness (QED) is 0.761. The van der Waals surface area contributed by atoms with Gasteiger partial charge in [-0.2, -0.15) is 5.10 Å². The molecule has 0 aliphatic heterocycles. The molecule has 0 fully saturated rings. The molecule has 7 nitrogen and oxygen atoms in total. The van der Waals surface area contributed by atoms with Crippen LogP contribution < -0.4 is 5.69 Å². The number of nitrogens with one attached hydrogen (secondary N) is 1. The number of carboxylic acids is 1. The second-order valence-electron chi connectivity index (χ2n) is 3.37. The fourth-order valence-corrected chi connectivity index (χ4v) is 1.53. The molecule has 1 unspecified atom stereocenters. The van der Waals surface area contributed by atoms with Crippen molar-refractivity contribution in [2.24, 2.45) is 0 Å². The van der Waals surface area contributed by atoms with Crippen LogP contribution in [0.5, 0.6) is 0 Å². The highest BCUT2D eigenvalue weighted by molar-refractivity contribution is 5.75. The van der Waals surface area contributed by atoms with Gasteiger partial charge in [-0.05, 0) is 6.42 Å². The maximum Gasteiger partial charge on any atom is 0.348 e. The van der Waals surface area contributed by atoms with Gasteiger partial charge in [0.1, 0.15) is 6.33 Å². The molecule has 2 aromatic heterocycles. The number of hydrogen-bond acceptors (Lipinski definition) is 4. The van der Waals surface area contributed by atoms with Gasteiger partial charge in [-0.3, -0.25) is 4.79 Å². The van der Waals surface area contributed by atoms with E-state index in [1.165, 1.54) is 16.8 Å². The van der Waals surface area contributed by atoms with Gasteiger partial charge < -0.3 is 5.11 Å². The fourth-order valence-electron chi connectivity index (χ4n) is 1.53. The van der Waals surface area contributed by atoms with Crippen molar-refractivity contribution in [1.82, 2.24) is 19.6 Å². The predicted octanol–water partition coefficient (Wildman–Crippen LogP) is -0.00420. The van der Waals surface area contributed by atoms with Gasteiger partial charge in [0, 0.05) is 6.07 Å². The van der Waals surface area contributed by atoms with Crippen molar-refractivity contribution in [3.8, 4) is 0 Å². The lowest BCUT2D eigenvalue weighted by molar-refractivity contribution is -0.138. The number of rotatable bonds is 3. The molecular formula is C9H10N4O3. The van der Waals surface area contributed by atoms with Gasteiger partial charge in [0.15, 0.2) is 5.65 Å². The lowest BCUT2D eigenvalue weighted by atomic mass is 10.0. The van der Waals surface area contributed by atoms with Crippen LogP contribution in [-0.4, -0.2) is 30.7 Å². The summed E-state index contributed by atoms with van der Waals surface area (Å²) in [6, 6.07) is 1.50. The Labute approximate surface area is 89.8 Å². The lowest BCUT2D eigenvalue weighted by Gasteiger charge is -2.08. The van der Waals surface area contributed by atoms with Crippen molar-refractivity contribution in [1.29, 1.82) is 0 Å². The van der Waals surface area contributed by atoms with Gasteiger partial charge in [0.05, 0.1) is 11.6 Å². The van der Waals surface area contributed by atoms with E-state index in [1.54, 1.807) is 6.92 Å². The van der Waals surface area contributed by atoms with Crippen LogP contribution in [0.15, 0.2) is 17.2 Å².